The van der Waals surface area contributed by atoms with Gasteiger partial charge in [-0.1, -0.05) is 40.2 Å². The number of amides is 3. The minimum Gasteiger partial charge on any atom is -0.506 e. The normalized spacial score (nSPS) is 12.1. The first kappa shape index (κ1) is 27.2. The highest BCUT2D eigenvalue weighted by Gasteiger charge is 2.18. The Morgan fingerprint density at radius 3 is 2.24 bits per heavy atom. The maximum atomic E-state index is 12.7. The van der Waals surface area contributed by atoms with E-state index in [0.29, 0.717) is 31.5 Å². The molecule has 2 aromatic heterocycles. The molecule has 0 spiro atoms. The third-order valence-corrected chi connectivity index (χ3v) is 8.31. The minimum atomic E-state index is -0.519. The number of aromatic hydroxyl groups is 1. The van der Waals surface area contributed by atoms with E-state index in [4.69, 9.17) is 5.73 Å². The number of rotatable bonds is 8. The van der Waals surface area contributed by atoms with Gasteiger partial charge >= 0.3 is 0 Å². The van der Waals surface area contributed by atoms with Gasteiger partial charge in [0.05, 0.1) is 31.9 Å². The largest absolute Gasteiger partial charge is 0.506 e. The van der Waals surface area contributed by atoms with Gasteiger partial charge in [0.15, 0.2) is 0 Å². The lowest BCUT2D eigenvalue weighted by molar-refractivity contribution is 0.0940. The van der Waals surface area contributed by atoms with E-state index in [1.165, 1.54) is 11.3 Å². The van der Waals surface area contributed by atoms with Gasteiger partial charge < -0.3 is 16.2 Å². The predicted molar refractivity (Wildman–Crippen MR) is 154 cm³/mol. The Morgan fingerprint density at radius 2 is 1.61 bits per heavy atom. The Balaban J connectivity index is 1.38. The number of carbonyl (C=O) groups is 3. The number of halogens is 1. The van der Waals surface area contributed by atoms with Crippen molar-refractivity contribution in [2.24, 2.45) is 10.8 Å². The molecule has 11 heteroatoms. The third-order valence-electron chi connectivity index (χ3n) is 5.68. The van der Waals surface area contributed by atoms with Crippen molar-refractivity contribution in [2.45, 2.75) is 19.9 Å². The number of nitrogens with one attached hydrogen (secondary N) is 2. The van der Waals surface area contributed by atoms with Crippen LogP contribution in [0, 0.1) is 0 Å². The van der Waals surface area contributed by atoms with E-state index in [1.54, 1.807) is 48.7 Å². The van der Waals surface area contributed by atoms with E-state index in [9.17, 15) is 19.5 Å². The number of hydrogen-bond acceptors (Lipinski definition) is 7. The molecule has 2 heterocycles. The lowest BCUT2D eigenvalue weighted by Crippen LogP contribution is -2.26. The van der Waals surface area contributed by atoms with Gasteiger partial charge in [-0.3, -0.25) is 14.4 Å². The zero-order chi connectivity index (χ0) is 27.4. The van der Waals surface area contributed by atoms with Crippen LogP contribution >= 0.6 is 38.6 Å². The first-order valence-corrected chi connectivity index (χ1v) is 13.8. The maximum Gasteiger partial charge on any atom is 0.281 e. The van der Waals surface area contributed by atoms with E-state index in [2.05, 4.69) is 31.8 Å². The average molecular weight is 612 g/mol. The molecular weight excluding hydrogens is 588 g/mol. The highest BCUT2D eigenvalue weighted by molar-refractivity contribution is 9.10. The van der Waals surface area contributed by atoms with E-state index < -0.39 is 11.8 Å². The zero-order valence-corrected chi connectivity index (χ0v) is 23.5. The summed E-state index contributed by atoms with van der Waals surface area (Å²) in [5.41, 5.74) is 10.8. The zero-order valence-electron chi connectivity index (χ0n) is 20.3. The number of carbonyl (C=O) groups excluding carboxylic acids is 3. The second kappa shape index (κ2) is 11.7. The van der Waals surface area contributed by atoms with Crippen molar-refractivity contribution in [2.75, 3.05) is 0 Å². The number of thiophene rings is 2. The number of benzene rings is 2. The van der Waals surface area contributed by atoms with E-state index >= 15 is 0 Å². The van der Waals surface area contributed by atoms with Crippen molar-refractivity contribution in [3.63, 3.8) is 0 Å². The molecule has 0 aliphatic rings. The van der Waals surface area contributed by atoms with Crippen molar-refractivity contribution >= 4 is 62.0 Å². The monoisotopic (exact) mass is 610 g/mol. The standard InChI is InChI=1S/C27H23BrN4O4S2/c1-14(16-3-5-18(6-4-16)25(29)34)30-26(35)21-11-12-22(38-21)27(36)32-31-15(2)20-13-37-24(23(20)33)17-7-9-19(28)10-8-17/h3-14,33H,1-2H3,(H2,29,34)(H,30,35)(H,32,36). The number of primary amides is 1. The number of hydrogen-bond donors (Lipinski definition) is 4. The van der Waals surface area contributed by atoms with Crippen molar-refractivity contribution < 1.29 is 19.5 Å². The Kier molecular flexibility index (Phi) is 8.40. The molecule has 4 aromatic rings. The molecule has 4 rings (SSSR count). The molecule has 5 N–H and O–H groups in total. The fraction of sp³-hybridized carbons (Fsp3) is 0.111. The molecule has 2 aromatic carbocycles. The van der Waals surface area contributed by atoms with Gasteiger partial charge in [0.1, 0.15) is 5.75 Å². The number of nitrogens with two attached hydrogens (primary N) is 1. The summed E-state index contributed by atoms with van der Waals surface area (Å²) in [4.78, 5) is 38.0. The molecule has 0 saturated carbocycles. The summed E-state index contributed by atoms with van der Waals surface area (Å²) in [6.45, 7) is 3.51. The van der Waals surface area contributed by atoms with Crippen LogP contribution in [-0.4, -0.2) is 28.5 Å². The third kappa shape index (κ3) is 6.18. The van der Waals surface area contributed by atoms with Crippen LogP contribution in [0.4, 0.5) is 0 Å². The van der Waals surface area contributed by atoms with Crippen LogP contribution in [0.1, 0.15) is 60.7 Å². The molecule has 3 amide bonds. The summed E-state index contributed by atoms with van der Waals surface area (Å²) in [7, 11) is 0. The molecule has 0 aliphatic carbocycles. The smallest absolute Gasteiger partial charge is 0.281 e. The number of hydrazone groups is 1. The Hall–Kier alpha value is -3.80. The van der Waals surface area contributed by atoms with Crippen LogP contribution in [-0.2, 0) is 0 Å². The minimum absolute atomic E-state index is 0.0984. The summed E-state index contributed by atoms with van der Waals surface area (Å²) in [6, 6.07) is 17.1. The topological polar surface area (TPSA) is 134 Å². The summed E-state index contributed by atoms with van der Waals surface area (Å²) in [5.74, 6) is -1.22. The SMILES string of the molecule is CC(=NNC(=O)c1ccc(C(=O)NC(C)c2ccc(C(N)=O)cc2)s1)c1csc(-c2ccc(Br)cc2)c1O. The second-order valence-electron chi connectivity index (χ2n) is 8.32. The van der Waals surface area contributed by atoms with Crippen LogP contribution in [0.15, 0.2) is 75.6 Å². The van der Waals surface area contributed by atoms with Crippen LogP contribution in [0.3, 0.4) is 0 Å². The first-order chi connectivity index (χ1) is 18.1. The van der Waals surface area contributed by atoms with Gasteiger partial charge in [-0.15, -0.1) is 22.7 Å². The molecule has 8 nitrogen and oxygen atoms in total. The van der Waals surface area contributed by atoms with Crippen molar-refractivity contribution in [1.29, 1.82) is 0 Å². The van der Waals surface area contributed by atoms with Gasteiger partial charge in [-0.2, -0.15) is 5.10 Å². The van der Waals surface area contributed by atoms with Crippen LogP contribution in [0.5, 0.6) is 5.75 Å². The summed E-state index contributed by atoms with van der Waals surface area (Å²) >= 11 is 5.82. The lowest BCUT2D eigenvalue weighted by Gasteiger charge is -2.14. The highest BCUT2D eigenvalue weighted by atomic mass is 79.9. The highest BCUT2D eigenvalue weighted by Crippen LogP contribution is 2.39. The predicted octanol–water partition coefficient (Wildman–Crippen LogP) is 5.69. The quantitative estimate of drug-likeness (QED) is 0.151. The first-order valence-electron chi connectivity index (χ1n) is 11.4. The van der Waals surface area contributed by atoms with Crippen LogP contribution < -0.4 is 16.5 Å². The summed E-state index contributed by atoms with van der Waals surface area (Å²) in [5, 5.41) is 19.5. The average Bonchev–Trinajstić information content (AvgIpc) is 3.55. The van der Waals surface area contributed by atoms with Gasteiger partial charge in [-0.25, -0.2) is 5.43 Å². The van der Waals surface area contributed by atoms with Gasteiger partial charge in [0, 0.05) is 15.4 Å². The summed E-state index contributed by atoms with van der Waals surface area (Å²) < 4.78 is 0.943. The van der Waals surface area contributed by atoms with Crippen LogP contribution in [0.2, 0.25) is 0 Å². The van der Waals surface area contributed by atoms with Crippen molar-refractivity contribution in [3.8, 4) is 16.2 Å². The molecule has 1 atom stereocenters. The fourth-order valence-electron chi connectivity index (χ4n) is 3.53. The molecule has 194 valence electrons. The van der Waals surface area contributed by atoms with Crippen molar-refractivity contribution in [3.05, 3.63) is 97.0 Å². The Bertz CT molecular complexity index is 1530. The molecule has 0 aliphatic heterocycles. The molecule has 0 saturated heterocycles. The lowest BCUT2D eigenvalue weighted by atomic mass is 10.1. The Labute approximate surface area is 235 Å². The van der Waals surface area contributed by atoms with E-state index in [0.717, 1.165) is 26.9 Å². The summed E-state index contributed by atoms with van der Waals surface area (Å²) in [6.07, 6.45) is 0. The van der Waals surface area contributed by atoms with Crippen molar-refractivity contribution in [1.82, 2.24) is 10.7 Å². The molecule has 0 bridgehead atoms. The molecule has 38 heavy (non-hydrogen) atoms. The second-order valence-corrected chi connectivity index (χ2v) is 11.2. The molecular formula is C27H23BrN4O4S2. The van der Waals surface area contributed by atoms with Gasteiger partial charge in [0.25, 0.3) is 11.8 Å². The van der Waals surface area contributed by atoms with E-state index in [-0.39, 0.29) is 17.7 Å². The molecule has 0 radical (unpaired) electrons. The molecule has 1 unspecified atom stereocenters. The van der Waals surface area contributed by atoms with Gasteiger partial charge in [0.2, 0.25) is 5.91 Å². The van der Waals surface area contributed by atoms with Crippen LogP contribution in [0.25, 0.3) is 10.4 Å². The van der Waals surface area contributed by atoms with Gasteiger partial charge in [-0.05, 0) is 61.4 Å². The maximum absolute atomic E-state index is 12.7. The van der Waals surface area contributed by atoms with E-state index in [1.807, 2.05) is 31.2 Å². The fourth-order valence-corrected chi connectivity index (χ4v) is 5.61. The molecule has 0 fully saturated rings. The number of nitrogens with zero attached hydrogens (tertiary/aromatic N) is 1. The Morgan fingerprint density at radius 1 is 0.974 bits per heavy atom.